The zero-order chi connectivity index (χ0) is 17.5. The maximum absolute atomic E-state index is 12.4. The van der Waals surface area contributed by atoms with E-state index >= 15 is 0 Å². The Morgan fingerprint density at radius 2 is 1.96 bits per heavy atom. The minimum Gasteiger partial charge on any atom is -0.299 e. The number of hydrogen-bond acceptors (Lipinski definition) is 1. The fourth-order valence-electron chi connectivity index (χ4n) is 2.96. The molecule has 0 fully saturated rings. The molecule has 1 unspecified atom stereocenters. The van der Waals surface area contributed by atoms with Gasteiger partial charge in [0.2, 0.25) is 0 Å². The van der Waals surface area contributed by atoms with Gasteiger partial charge in [0, 0.05) is 11.8 Å². The van der Waals surface area contributed by atoms with E-state index in [2.05, 4.69) is 38.6 Å². The average Bonchev–Trinajstić information content (AvgIpc) is 2.51. The van der Waals surface area contributed by atoms with Gasteiger partial charge in [0.15, 0.2) is 0 Å². The summed E-state index contributed by atoms with van der Waals surface area (Å²) in [4.78, 5) is 12.4. The van der Waals surface area contributed by atoms with Crippen molar-refractivity contribution in [2.75, 3.05) is 0 Å². The van der Waals surface area contributed by atoms with Crippen LogP contribution in [0, 0.1) is 11.3 Å². The maximum Gasteiger partial charge on any atom is 0.138 e. The predicted molar refractivity (Wildman–Crippen MR) is 102 cm³/mol. The number of benzene rings is 1. The number of hydrogen-bond donors (Lipinski definition) is 0. The van der Waals surface area contributed by atoms with Crippen molar-refractivity contribution in [3.8, 4) is 0 Å². The molecule has 1 aromatic rings. The van der Waals surface area contributed by atoms with Gasteiger partial charge in [-0.3, -0.25) is 4.79 Å². The fraction of sp³-hybridized carbons (Fsp3) is 0.591. The summed E-state index contributed by atoms with van der Waals surface area (Å²) >= 11 is 0. The van der Waals surface area contributed by atoms with Crippen LogP contribution in [-0.2, 0) is 17.6 Å². The fourth-order valence-corrected chi connectivity index (χ4v) is 2.96. The van der Waals surface area contributed by atoms with Crippen LogP contribution < -0.4 is 0 Å². The lowest BCUT2D eigenvalue weighted by atomic mass is 9.81. The van der Waals surface area contributed by atoms with Crippen LogP contribution >= 0.6 is 0 Å². The summed E-state index contributed by atoms with van der Waals surface area (Å²) in [5, 5.41) is 0. The molecule has 0 N–H and O–H groups in total. The van der Waals surface area contributed by atoms with Crippen molar-refractivity contribution < 1.29 is 4.79 Å². The van der Waals surface area contributed by atoms with Gasteiger partial charge in [-0.05, 0) is 41.9 Å². The van der Waals surface area contributed by atoms with E-state index in [9.17, 15) is 4.79 Å². The Morgan fingerprint density at radius 1 is 1.26 bits per heavy atom. The summed E-state index contributed by atoms with van der Waals surface area (Å²) in [6.07, 6.45) is 8.20. The summed E-state index contributed by atoms with van der Waals surface area (Å²) < 4.78 is 0. The van der Waals surface area contributed by atoms with Crippen molar-refractivity contribution in [3.63, 3.8) is 0 Å². The van der Waals surface area contributed by atoms with Crippen LogP contribution in [0.25, 0.3) is 6.08 Å². The van der Waals surface area contributed by atoms with E-state index in [0.29, 0.717) is 18.1 Å². The van der Waals surface area contributed by atoms with Crippen molar-refractivity contribution in [3.05, 3.63) is 41.5 Å². The Labute approximate surface area is 143 Å². The smallest absolute Gasteiger partial charge is 0.138 e. The van der Waals surface area contributed by atoms with E-state index in [0.717, 1.165) is 19.3 Å². The van der Waals surface area contributed by atoms with Gasteiger partial charge in [-0.2, -0.15) is 0 Å². The van der Waals surface area contributed by atoms with Crippen molar-refractivity contribution >= 4 is 11.9 Å². The molecule has 0 heterocycles. The monoisotopic (exact) mass is 314 g/mol. The van der Waals surface area contributed by atoms with Crippen molar-refractivity contribution in [2.45, 2.75) is 73.1 Å². The molecule has 23 heavy (non-hydrogen) atoms. The molecule has 128 valence electrons. The normalized spacial score (nSPS) is 12.9. The van der Waals surface area contributed by atoms with Crippen LogP contribution in [0.15, 0.2) is 24.8 Å². The third-order valence-electron chi connectivity index (χ3n) is 4.61. The molecular formula is C22H34O. The molecule has 1 atom stereocenters. The maximum atomic E-state index is 12.4. The molecule has 0 bridgehead atoms. The van der Waals surface area contributed by atoms with E-state index in [1.165, 1.54) is 29.5 Å². The number of carbonyl (C=O) groups is 1. The number of ketones is 1. The van der Waals surface area contributed by atoms with Crippen molar-refractivity contribution in [1.82, 2.24) is 0 Å². The molecule has 0 spiro atoms. The van der Waals surface area contributed by atoms with Gasteiger partial charge in [-0.1, -0.05) is 78.3 Å². The zero-order valence-electron chi connectivity index (χ0n) is 15.7. The first-order chi connectivity index (χ1) is 10.8. The summed E-state index contributed by atoms with van der Waals surface area (Å²) in [6, 6.07) is 6.68. The standard InChI is InChI=1S/C22H34O/c1-7-10-11-17(16-21(23)22(4,5)6)14-18-12-13-19(8-2)20(9-3)15-18/h8,12-13,15,17H,2,7,9-11,14,16H2,1,3-6H3. The zero-order valence-corrected chi connectivity index (χ0v) is 15.7. The molecule has 0 saturated heterocycles. The lowest BCUT2D eigenvalue weighted by Crippen LogP contribution is -2.24. The second-order valence-electron chi connectivity index (χ2n) is 7.68. The quantitative estimate of drug-likeness (QED) is 0.527. The predicted octanol–water partition coefficient (Wildman–Crippen LogP) is 6.25. The van der Waals surface area contributed by atoms with Crippen molar-refractivity contribution in [1.29, 1.82) is 0 Å². The molecule has 0 aliphatic carbocycles. The third-order valence-corrected chi connectivity index (χ3v) is 4.61. The van der Waals surface area contributed by atoms with Gasteiger partial charge in [0.1, 0.15) is 5.78 Å². The number of unbranched alkanes of at least 4 members (excludes halogenated alkanes) is 1. The lowest BCUT2D eigenvalue weighted by Gasteiger charge is -2.22. The van der Waals surface area contributed by atoms with Crippen LogP contribution in [0.5, 0.6) is 0 Å². The summed E-state index contributed by atoms with van der Waals surface area (Å²) in [7, 11) is 0. The largest absolute Gasteiger partial charge is 0.299 e. The second-order valence-corrected chi connectivity index (χ2v) is 7.68. The van der Waals surface area contributed by atoms with E-state index in [1.807, 2.05) is 26.8 Å². The minimum absolute atomic E-state index is 0.230. The van der Waals surface area contributed by atoms with E-state index < -0.39 is 0 Å². The lowest BCUT2D eigenvalue weighted by molar-refractivity contribution is -0.127. The van der Waals surface area contributed by atoms with E-state index in [1.54, 1.807) is 0 Å². The molecule has 0 aromatic heterocycles. The van der Waals surface area contributed by atoms with Crippen LogP contribution in [0.2, 0.25) is 0 Å². The van der Waals surface area contributed by atoms with Gasteiger partial charge >= 0.3 is 0 Å². The number of Topliss-reactive ketones (excluding diaryl/α,β-unsaturated/α-hetero) is 1. The van der Waals surface area contributed by atoms with Gasteiger partial charge in [-0.25, -0.2) is 0 Å². The SMILES string of the molecule is C=Cc1ccc(CC(CCCC)CC(=O)C(C)(C)C)cc1CC. The van der Waals surface area contributed by atoms with Crippen LogP contribution in [0.4, 0.5) is 0 Å². The first-order valence-electron chi connectivity index (χ1n) is 9.09. The molecule has 1 rings (SSSR count). The highest BCUT2D eigenvalue weighted by Crippen LogP contribution is 2.26. The van der Waals surface area contributed by atoms with E-state index in [4.69, 9.17) is 0 Å². The molecule has 0 saturated carbocycles. The molecule has 1 heteroatoms. The van der Waals surface area contributed by atoms with Gasteiger partial charge in [-0.15, -0.1) is 0 Å². The minimum atomic E-state index is -0.230. The molecule has 1 nitrogen and oxygen atoms in total. The highest BCUT2D eigenvalue weighted by atomic mass is 16.1. The van der Waals surface area contributed by atoms with Crippen LogP contribution in [-0.4, -0.2) is 5.78 Å². The molecule has 0 radical (unpaired) electrons. The highest BCUT2D eigenvalue weighted by Gasteiger charge is 2.24. The highest BCUT2D eigenvalue weighted by molar-refractivity contribution is 5.83. The first kappa shape index (κ1) is 19.7. The van der Waals surface area contributed by atoms with Crippen molar-refractivity contribution in [2.24, 2.45) is 11.3 Å². The Bertz CT molecular complexity index is 519. The number of aryl methyl sites for hydroxylation is 1. The number of rotatable bonds is 9. The van der Waals surface area contributed by atoms with E-state index in [-0.39, 0.29) is 5.41 Å². The average molecular weight is 315 g/mol. The number of carbonyl (C=O) groups excluding carboxylic acids is 1. The summed E-state index contributed by atoms with van der Waals surface area (Å²) in [5.74, 6) is 0.845. The topological polar surface area (TPSA) is 17.1 Å². The molecule has 0 aliphatic rings. The molecule has 0 aliphatic heterocycles. The molecule has 0 amide bonds. The molecule has 1 aromatic carbocycles. The Hall–Kier alpha value is -1.37. The van der Waals surface area contributed by atoms with Gasteiger partial charge < -0.3 is 0 Å². The Balaban J connectivity index is 2.88. The third kappa shape index (κ3) is 6.33. The molecular weight excluding hydrogens is 280 g/mol. The van der Waals surface area contributed by atoms with Crippen LogP contribution in [0.1, 0.15) is 77.0 Å². The summed E-state index contributed by atoms with van der Waals surface area (Å²) in [5.41, 5.74) is 3.71. The Morgan fingerprint density at radius 3 is 2.48 bits per heavy atom. The van der Waals surface area contributed by atoms with Gasteiger partial charge in [0.05, 0.1) is 0 Å². The summed E-state index contributed by atoms with van der Waals surface area (Å²) in [6.45, 7) is 14.4. The van der Waals surface area contributed by atoms with Crippen LogP contribution in [0.3, 0.4) is 0 Å². The second kappa shape index (κ2) is 9.05. The van der Waals surface area contributed by atoms with Gasteiger partial charge in [0.25, 0.3) is 0 Å². The Kier molecular flexibility index (Phi) is 7.75. The first-order valence-corrected chi connectivity index (χ1v) is 9.09.